The van der Waals surface area contributed by atoms with E-state index >= 15 is 0 Å². The molecule has 0 aromatic carbocycles. The van der Waals surface area contributed by atoms with Gasteiger partial charge in [0.05, 0.1) is 15.8 Å². The van der Waals surface area contributed by atoms with Crippen molar-refractivity contribution in [2.24, 2.45) is 0 Å². The monoisotopic (exact) mass is 385 g/mol. The Bertz CT molecular complexity index is 556. The molecule has 2 aromatic heterocycles. The average Bonchev–Trinajstić information content (AvgIpc) is 2.88. The third-order valence-electron chi connectivity index (χ3n) is 2.35. The quantitative estimate of drug-likeness (QED) is 0.364. The van der Waals surface area contributed by atoms with Gasteiger partial charge >= 0.3 is 0 Å². The third kappa shape index (κ3) is 2.69. The van der Waals surface area contributed by atoms with Gasteiger partial charge < -0.3 is 0 Å². The molecule has 1 saturated heterocycles. The summed E-state index contributed by atoms with van der Waals surface area (Å²) in [4.78, 5) is -1.13. The van der Waals surface area contributed by atoms with Gasteiger partial charge in [-0.3, -0.25) is 0 Å². The van der Waals surface area contributed by atoms with Crippen molar-refractivity contribution in [1.29, 1.82) is 0 Å². The summed E-state index contributed by atoms with van der Waals surface area (Å²) in [5.74, 6) is 0. The smallest absolute Gasteiger partial charge is 0.0857 e. The van der Waals surface area contributed by atoms with Gasteiger partial charge in [0.2, 0.25) is 0 Å². The van der Waals surface area contributed by atoms with E-state index in [1.165, 1.54) is 11.1 Å². The lowest BCUT2D eigenvalue weighted by Gasteiger charge is -2.44. The van der Waals surface area contributed by atoms with Crippen molar-refractivity contribution in [3.63, 3.8) is 0 Å². The SMILES string of the molecule is Cc1csc(P2S[P](SS)(c3cc(C)cs3)S2)c1. The molecule has 3 rings (SSSR count). The Morgan fingerprint density at radius 3 is 2.28 bits per heavy atom. The maximum absolute atomic E-state index is 4.56. The fourth-order valence-electron chi connectivity index (χ4n) is 1.50. The number of thiophene rings is 2. The van der Waals surface area contributed by atoms with Gasteiger partial charge in [-0.25, -0.2) is 0 Å². The number of rotatable bonds is 3. The molecular formula is C10H11P2S6. The predicted octanol–water partition coefficient (Wildman–Crippen LogP) is 6.51. The van der Waals surface area contributed by atoms with Gasteiger partial charge in [0.15, 0.2) is 0 Å². The first-order valence-corrected chi connectivity index (χ1v) is 16.6. The Balaban J connectivity index is 1.79. The van der Waals surface area contributed by atoms with Crippen LogP contribution < -0.4 is 9.24 Å². The maximum Gasteiger partial charge on any atom is 0.0857 e. The van der Waals surface area contributed by atoms with E-state index in [0.717, 1.165) is 0 Å². The van der Waals surface area contributed by atoms with Gasteiger partial charge in [0.1, 0.15) is 0 Å². The van der Waals surface area contributed by atoms with Crippen molar-refractivity contribution >= 4 is 87.2 Å². The van der Waals surface area contributed by atoms with E-state index in [9.17, 15) is 0 Å². The molecular weight excluding hydrogens is 374 g/mol. The molecule has 0 unspecified atom stereocenters. The second-order valence-electron chi connectivity index (χ2n) is 3.92. The number of hydrogen-bond donors (Lipinski definition) is 1. The molecule has 0 amide bonds. The van der Waals surface area contributed by atoms with Crippen molar-refractivity contribution in [2.45, 2.75) is 13.8 Å². The molecule has 1 aliphatic heterocycles. The zero-order valence-corrected chi connectivity index (χ0v) is 16.5. The van der Waals surface area contributed by atoms with Crippen LogP contribution in [0.4, 0.5) is 0 Å². The summed E-state index contributed by atoms with van der Waals surface area (Å²) >= 11 is 12.8. The minimum Gasteiger partial charge on any atom is -0.142 e. The highest BCUT2D eigenvalue weighted by atomic mass is 33.8. The van der Waals surface area contributed by atoms with Gasteiger partial charge in [0.25, 0.3) is 0 Å². The van der Waals surface area contributed by atoms with E-state index in [1.54, 1.807) is 19.7 Å². The van der Waals surface area contributed by atoms with Crippen molar-refractivity contribution in [1.82, 2.24) is 0 Å². The Hall–Kier alpha value is 1.66. The molecule has 8 heteroatoms. The van der Waals surface area contributed by atoms with Crippen LogP contribution in [0.2, 0.25) is 0 Å². The fourth-order valence-corrected chi connectivity index (χ4v) is 42.6. The van der Waals surface area contributed by atoms with Gasteiger partial charge in [-0.15, -0.1) is 34.3 Å². The highest BCUT2D eigenvalue weighted by Crippen LogP contribution is 3.10. The van der Waals surface area contributed by atoms with Crippen LogP contribution in [0.15, 0.2) is 22.9 Å². The van der Waals surface area contributed by atoms with E-state index in [2.05, 4.69) is 70.4 Å². The zero-order valence-electron chi connectivity index (χ0n) is 9.69. The van der Waals surface area contributed by atoms with E-state index < -0.39 is 4.87 Å². The molecule has 0 N–H and O–H groups in total. The first-order chi connectivity index (χ1) is 8.63. The summed E-state index contributed by atoms with van der Waals surface area (Å²) in [5, 5.41) is 4.53. The fraction of sp³-hybridized carbons (Fsp3) is 0.200. The normalized spacial score (nSPS) is 27.2. The Morgan fingerprint density at radius 2 is 1.78 bits per heavy atom. The second-order valence-corrected chi connectivity index (χ2v) is 25.1. The van der Waals surface area contributed by atoms with E-state index in [-0.39, 0.29) is 6.33 Å². The highest BCUT2D eigenvalue weighted by Gasteiger charge is 2.48. The largest absolute Gasteiger partial charge is 0.142 e. The summed E-state index contributed by atoms with van der Waals surface area (Å²) in [7, 11) is 1.79. The lowest BCUT2D eigenvalue weighted by atomic mass is 10.4. The summed E-state index contributed by atoms with van der Waals surface area (Å²) < 4.78 is 3.13. The molecule has 0 saturated carbocycles. The van der Waals surface area contributed by atoms with Crippen molar-refractivity contribution in [3.05, 3.63) is 34.0 Å². The standard InChI is InChI=1S/C10H11P2S6/c1-7-3-9(14-5-7)11-16-12(17-11,18-13)10-4-8(2)6-15-10/h3-6,13H,1-2H3. The minimum absolute atomic E-state index is 0.0420. The first kappa shape index (κ1) is 14.6. The predicted molar refractivity (Wildman–Crippen MR) is 103 cm³/mol. The van der Waals surface area contributed by atoms with Gasteiger partial charge in [-0.2, -0.15) is 0 Å². The van der Waals surface area contributed by atoms with Crippen LogP contribution in [-0.2, 0) is 0 Å². The lowest BCUT2D eigenvalue weighted by molar-refractivity contribution is 1.57. The molecule has 1 fully saturated rings. The molecule has 0 nitrogen and oxygen atoms in total. The topological polar surface area (TPSA) is 0 Å². The summed E-state index contributed by atoms with van der Waals surface area (Å²) in [6, 6.07) is 4.71. The minimum atomic E-state index is -1.13. The van der Waals surface area contributed by atoms with E-state index in [4.69, 9.17) is 0 Å². The van der Waals surface area contributed by atoms with Crippen LogP contribution in [0.1, 0.15) is 11.1 Å². The van der Waals surface area contributed by atoms with E-state index in [0.29, 0.717) is 0 Å². The molecule has 0 aliphatic carbocycles. The molecule has 2 aromatic rings. The van der Waals surface area contributed by atoms with Crippen LogP contribution in [0.25, 0.3) is 0 Å². The maximum atomic E-state index is 4.56. The van der Waals surface area contributed by atoms with Crippen LogP contribution in [0.3, 0.4) is 0 Å². The Morgan fingerprint density at radius 1 is 1.11 bits per heavy atom. The molecule has 0 atom stereocenters. The molecule has 1 aliphatic rings. The molecule has 97 valence electrons. The lowest BCUT2D eigenvalue weighted by Crippen LogP contribution is -2.03. The van der Waals surface area contributed by atoms with Crippen molar-refractivity contribution < 1.29 is 0 Å². The van der Waals surface area contributed by atoms with Crippen LogP contribution in [0, 0.1) is 13.8 Å². The Labute approximate surface area is 134 Å². The first-order valence-electron chi connectivity index (χ1n) is 5.15. The third-order valence-corrected chi connectivity index (χ3v) is 38.5. The Kier molecular flexibility index (Phi) is 4.71. The number of aryl methyl sites for hydroxylation is 2. The molecule has 18 heavy (non-hydrogen) atoms. The number of thiol groups is 1. The van der Waals surface area contributed by atoms with Crippen molar-refractivity contribution in [2.75, 3.05) is 0 Å². The summed E-state index contributed by atoms with van der Waals surface area (Å²) in [6.07, 6.45) is -0.0420. The van der Waals surface area contributed by atoms with Crippen LogP contribution in [-0.4, -0.2) is 0 Å². The van der Waals surface area contributed by atoms with Gasteiger partial charge in [-0.1, -0.05) is 22.0 Å². The molecule has 1 radical (unpaired) electrons. The molecule has 0 spiro atoms. The second kappa shape index (κ2) is 5.81. The summed E-state index contributed by atoms with van der Waals surface area (Å²) in [6.45, 7) is 4.36. The number of hydrogen-bond acceptors (Lipinski definition) is 6. The van der Waals surface area contributed by atoms with Crippen molar-refractivity contribution in [3.8, 4) is 0 Å². The molecule has 0 bridgehead atoms. The zero-order chi connectivity index (χ0) is 12.8. The van der Waals surface area contributed by atoms with Gasteiger partial charge in [0, 0.05) is 4.62 Å². The van der Waals surface area contributed by atoms with E-state index in [1.807, 2.05) is 22.7 Å². The molecule has 3 heterocycles. The van der Waals surface area contributed by atoms with Gasteiger partial charge in [-0.05, 0) is 58.3 Å². The van der Waals surface area contributed by atoms with Crippen LogP contribution >= 0.6 is 77.9 Å². The average molecular weight is 386 g/mol. The highest BCUT2D eigenvalue weighted by molar-refractivity contribution is 9.56. The summed E-state index contributed by atoms with van der Waals surface area (Å²) in [5.41, 5.74) is 2.79. The van der Waals surface area contributed by atoms with Crippen LogP contribution in [0.5, 0.6) is 0 Å².